The van der Waals surface area contributed by atoms with Gasteiger partial charge in [0, 0.05) is 59.9 Å². The Morgan fingerprint density at radius 2 is 1.72 bits per heavy atom. The van der Waals surface area contributed by atoms with E-state index in [-0.39, 0.29) is 35.1 Å². The normalized spacial score (nSPS) is 13.1. The molecule has 1 aliphatic rings. The first kappa shape index (κ1) is 48.6. The monoisotopic (exact) mass is 1010 g/mol. The summed E-state index contributed by atoms with van der Waals surface area (Å²) in [5.74, 6) is 7.38. The van der Waals surface area contributed by atoms with Crippen molar-refractivity contribution in [3.63, 3.8) is 0 Å². The molecule has 0 atom stereocenters. The molecule has 0 bridgehead atoms. The minimum Gasteiger partial charge on any atom is -0.367 e. The highest BCUT2D eigenvalue weighted by atomic mass is 32.2. The molecule has 0 unspecified atom stereocenters. The Balaban J connectivity index is 0.714. The quantitative estimate of drug-likeness (QED) is 0.0240. The van der Waals surface area contributed by atoms with Crippen LogP contribution in [0.15, 0.2) is 117 Å². The maximum absolute atomic E-state index is 13.8. The molecular weight excluding hydrogens is 957 g/mol. The number of thioether (sulfide) groups is 1. The van der Waals surface area contributed by atoms with E-state index in [1.165, 1.54) is 22.2 Å². The number of rotatable bonds is 19. The number of nitrogens with zero attached hydrogens (tertiary/aromatic N) is 11. The van der Waals surface area contributed by atoms with Gasteiger partial charge in [-0.15, -0.1) is 26.7 Å². The number of aromatic amines is 1. The zero-order valence-corrected chi connectivity index (χ0v) is 41.2. The highest BCUT2D eigenvalue weighted by Crippen LogP contribution is 2.31. The fourth-order valence-corrected chi connectivity index (χ4v) is 9.85. The predicted octanol–water partition coefficient (Wildman–Crippen LogP) is 6.89. The molecule has 0 aliphatic carbocycles. The third kappa shape index (κ3) is 12.1. The SMILES string of the molecule is CCCSc1nc(NCCN)c2nnn(Cc3ccc(C#CCNC(=O)C4CCN(CCNC(=O)c5cnc(N=Nc6c(-c7ccccc7)[nH]n(-c7nc(-c8ccccc8)cs7)c6=O)s5)CC4)cc3)c2n1. The summed E-state index contributed by atoms with van der Waals surface area (Å²) >= 11 is 4.01. The zero-order chi connectivity index (χ0) is 48.9. The second-order valence-electron chi connectivity index (χ2n) is 16.4. The summed E-state index contributed by atoms with van der Waals surface area (Å²) in [5.41, 5.74) is 11.4. The molecule has 2 amide bonds. The van der Waals surface area contributed by atoms with E-state index in [9.17, 15) is 14.4 Å². The third-order valence-electron chi connectivity index (χ3n) is 11.4. The van der Waals surface area contributed by atoms with E-state index in [1.54, 1.807) is 16.4 Å². The van der Waals surface area contributed by atoms with E-state index in [4.69, 9.17) is 15.7 Å². The van der Waals surface area contributed by atoms with Gasteiger partial charge in [-0.25, -0.2) is 24.6 Å². The van der Waals surface area contributed by atoms with Crippen molar-refractivity contribution in [3.05, 3.63) is 123 Å². The Hall–Kier alpha value is -7.42. The van der Waals surface area contributed by atoms with Gasteiger partial charge >= 0.3 is 5.56 Å². The Kier molecular flexibility index (Phi) is 16.1. The smallest absolute Gasteiger partial charge is 0.301 e. The lowest BCUT2D eigenvalue weighted by molar-refractivity contribution is -0.126. The van der Waals surface area contributed by atoms with Crippen LogP contribution in [0.4, 0.5) is 16.6 Å². The second-order valence-corrected chi connectivity index (χ2v) is 19.3. The average molecular weight is 1010 g/mol. The number of H-pyrrole nitrogens is 1. The van der Waals surface area contributed by atoms with Gasteiger partial charge in [-0.3, -0.25) is 19.5 Å². The molecule has 1 saturated heterocycles. The average Bonchev–Trinajstić information content (AvgIpc) is 4.24. The van der Waals surface area contributed by atoms with Gasteiger partial charge in [-0.1, -0.05) is 120 Å². The lowest BCUT2D eigenvalue weighted by Gasteiger charge is -2.31. The Morgan fingerprint density at radius 3 is 2.48 bits per heavy atom. The first-order chi connectivity index (χ1) is 34.8. The lowest BCUT2D eigenvalue weighted by atomic mass is 9.96. The molecule has 9 rings (SSSR count). The van der Waals surface area contributed by atoms with Gasteiger partial charge in [0.2, 0.25) is 16.2 Å². The minimum absolute atomic E-state index is 0.00216. The Labute approximate surface area is 420 Å². The van der Waals surface area contributed by atoms with Crippen LogP contribution >= 0.6 is 34.4 Å². The molecule has 6 heterocycles. The van der Waals surface area contributed by atoms with Crippen molar-refractivity contribution in [1.29, 1.82) is 0 Å². The van der Waals surface area contributed by atoms with Crippen LogP contribution in [0, 0.1) is 17.8 Å². The number of nitrogens with two attached hydrogens (primary N) is 1. The minimum atomic E-state index is -0.418. The number of hydrogen-bond donors (Lipinski definition) is 5. The maximum Gasteiger partial charge on any atom is 0.301 e. The van der Waals surface area contributed by atoms with Crippen molar-refractivity contribution in [1.82, 2.24) is 60.2 Å². The summed E-state index contributed by atoms with van der Waals surface area (Å²) in [6, 6.07) is 27.0. The van der Waals surface area contributed by atoms with E-state index >= 15 is 0 Å². The number of amides is 2. The number of anilines is 1. The molecule has 3 aromatic carbocycles. The number of piperidine rings is 1. The summed E-state index contributed by atoms with van der Waals surface area (Å²) < 4.78 is 3.14. The van der Waals surface area contributed by atoms with E-state index in [0.29, 0.717) is 83.4 Å². The predicted molar refractivity (Wildman–Crippen MR) is 278 cm³/mol. The third-order valence-corrected chi connectivity index (χ3v) is 14.1. The van der Waals surface area contributed by atoms with Crippen LogP contribution in [0.3, 0.4) is 0 Å². The van der Waals surface area contributed by atoms with Crippen molar-refractivity contribution in [3.8, 4) is 39.5 Å². The number of likely N-dealkylation sites (tertiary alicyclic amines) is 1. The number of azo groups is 1. The first-order valence-corrected chi connectivity index (χ1v) is 25.8. The summed E-state index contributed by atoms with van der Waals surface area (Å²) in [4.78, 5) is 60.9. The number of fused-ring (bicyclic) bond motifs is 1. The molecule has 6 N–H and O–H groups in total. The van der Waals surface area contributed by atoms with Crippen LogP contribution in [0.1, 0.15) is 47.0 Å². The highest BCUT2D eigenvalue weighted by molar-refractivity contribution is 7.99. The van der Waals surface area contributed by atoms with Gasteiger partial charge in [-0.05, 0) is 50.0 Å². The number of nitrogens with one attached hydrogen (secondary N) is 4. The molecule has 22 heteroatoms. The van der Waals surface area contributed by atoms with E-state index in [2.05, 4.69) is 75.2 Å². The number of aromatic nitrogens is 9. The molecule has 1 aliphatic heterocycles. The molecule has 71 heavy (non-hydrogen) atoms. The number of carbonyl (C=O) groups is 2. The summed E-state index contributed by atoms with van der Waals surface area (Å²) in [6.45, 7) is 6.42. The van der Waals surface area contributed by atoms with Crippen LogP contribution in [0.2, 0.25) is 0 Å². The van der Waals surface area contributed by atoms with Crippen molar-refractivity contribution in [2.75, 3.05) is 56.9 Å². The Bertz CT molecular complexity index is 3240. The molecule has 362 valence electrons. The molecule has 0 radical (unpaired) electrons. The molecular formula is C49H50N16O3S3. The molecule has 1 fully saturated rings. The number of carbonyl (C=O) groups excluding carboxylic acids is 2. The van der Waals surface area contributed by atoms with Gasteiger partial charge in [0.25, 0.3) is 5.91 Å². The fourth-order valence-electron chi connectivity index (χ4n) is 7.72. The van der Waals surface area contributed by atoms with Crippen LogP contribution in [-0.2, 0) is 11.3 Å². The largest absolute Gasteiger partial charge is 0.367 e. The maximum atomic E-state index is 13.8. The van der Waals surface area contributed by atoms with E-state index < -0.39 is 5.56 Å². The molecule has 19 nitrogen and oxygen atoms in total. The van der Waals surface area contributed by atoms with Crippen LogP contribution < -0.4 is 27.2 Å². The number of hydrogen-bond acceptors (Lipinski definition) is 17. The highest BCUT2D eigenvalue weighted by Gasteiger charge is 2.25. The van der Waals surface area contributed by atoms with E-state index in [0.717, 1.165) is 64.5 Å². The molecule has 0 spiro atoms. The molecule has 8 aromatic rings. The Morgan fingerprint density at radius 1 is 0.944 bits per heavy atom. The van der Waals surface area contributed by atoms with Gasteiger partial charge in [0.15, 0.2) is 27.8 Å². The second kappa shape index (κ2) is 23.5. The first-order valence-electron chi connectivity index (χ1n) is 23.2. The fraction of sp³-hybridized carbons (Fsp3) is 0.286. The molecule has 0 saturated carbocycles. The van der Waals surface area contributed by atoms with Crippen molar-refractivity contribution >= 4 is 74.1 Å². The van der Waals surface area contributed by atoms with Gasteiger partial charge < -0.3 is 26.6 Å². The molecule has 5 aromatic heterocycles. The van der Waals surface area contributed by atoms with Gasteiger partial charge in [-0.2, -0.15) is 4.68 Å². The van der Waals surface area contributed by atoms with Crippen LogP contribution in [0.25, 0.3) is 38.8 Å². The number of benzene rings is 3. The summed E-state index contributed by atoms with van der Waals surface area (Å²) in [5, 5.41) is 33.0. The summed E-state index contributed by atoms with van der Waals surface area (Å²) in [7, 11) is 0. The van der Waals surface area contributed by atoms with Crippen LogP contribution in [0.5, 0.6) is 0 Å². The lowest BCUT2D eigenvalue weighted by Crippen LogP contribution is -2.43. The number of thiazole rings is 2. The standard InChI is InChI=1S/C49H50N16O3S3/c1-2-28-69-48-56-42(51-23-21-50)41-43(57-48)64(62-59-41)30-33-17-15-32(16-18-33)10-9-22-52-44(66)36-19-25-63(26-20-36)27-24-53-45(67)38-29-54-47(71-38)60-58-40-39(35-13-7-4-8-14-35)61-65(46(40)68)49-55-37(31-70-49)34-11-5-3-6-12-34/h3-8,11-18,29,31,36,61H,2,19-28,30,50H2,1H3,(H,52,66)(H,53,67)(H,51,56,57). The van der Waals surface area contributed by atoms with Crippen molar-refractivity contribution < 1.29 is 9.59 Å². The topological polar surface area (TPSA) is 244 Å². The zero-order valence-electron chi connectivity index (χ0n) is 38.7. The van der Waals surface area contributed by atoms with Crippen molar-refractivity contribution in [2.24, 2.45) is 21.9 Å². The van der Waals surface area contributed by atoms with Crippen LogP contribution in [-0.4, -0.2) is 113 Å². The summed E-state index contributed by atoms with van der Waals surface area (Å²) in [6.07, 6.45) is 3.89. The van der Waals surface area contributed by atoms with Gasteiger partial charge in [0.05, 0.1) is 30.7 Å². The van der Waals surface area contributed by atoms with Crippen molar-refractivity contribution in [2.45, 2.75) is 37.9 Å². The van der Waals surface area contributed by atoms with E-state index in [1.807, 2.05) is 90.3 Å². The van der Waals surface area contributed by atoms with Gasteiger partial charge in [0.1, 0.15) is 4.88 Å².